The van der Waals surface area contributed by atoms with E-state index in [9.17, 15) is 0 Å². The Kier molecular flexibility index (Phi) is 5.36. The van der Waals surface area contributed by atoms with Crippen LogP contribution < -0.4 is 5.32 Å². The Balaban J connectivity index is 0.00000196. The van der Waals surface area contributed by atoms with Gasteiger partial charge in [0.15, 0.2) is 0 Å². The minimum absolute atomic E-state index is 0. The summed E-state index contributed by atoms with van der Waals surface area (Å²) in [6.07, 6.45) is 9.74. The van der Waals surface area contributed by atoms with Crippen LogP contribution in [0.15, 0.2) is 37.1 Å². The molecule has 0 saturated heterocycles. The molecule has 2 aliphatic rings. The van der Waals surface area contributed by atoms with Gasteiger partial charge in [-0.1, -0.05) is 39.0 Å². The largest absolute Gasteiger partial charge is 0.382 e. The van der Waals surface area contributed by atoms with Crippen LogP contribution in [0.3, 0.4) is 0 Å². The Hall–Kier alpha value is -2.29. The van der Waals surface area contributed by atoms with Crippen molar-refractivity contribution in [1.82, 2.24) is 14.9 Å². The lowest BCUT2D eigenvalue weighted by Gasteiger charge is -2.18. The van der Waals surface area contributed by atoms with Crippen molar-refractivity contribution >= 4 is 11.3 Å². The molecule has 0 unspecified atom stereocenters. The van der Waals surface area contributed by atoms with E-state index in [0.29, 0.717) is 5.92 Å². The summed E-state index contributed by atoms with van der Waals surface area (Å²) in [4.78, 5) is 4.97. The molecule has 138 valence electrons. The van der Waals surface area contributed by atoms with Crippen molar-refractivity contribution in [3.8, 4) is 0 Å². The standard InChI is InChI=1S/C22H27N3.CH4/c1-4-19(18-13-22-16(3)23-11-12-25(22)14-18)20-9-10-21(24-15(20)2)17-7-5-6-8-17;/h4,9-10,13-14,17,23H,3,5-8,11-12H2,1-2H3;1H4/b19-4-;. The van der Waals surface area contributed by atoms with Gasteiger partial charge < -0.3 is 9.88 Å². The van der Waals surface area contributed by atoms with Gasteiger partial charge in [0.1, 0.15) is 0 Å². The Morgan fingerprint density at radius 2 is 2.08 bits per heavy atom. The number of hydrogen-bond acceptors (Lipinski definition) is 2. The number of aryl methyl sites for hydroxylation is 1. The molecule has 1 aliphatic carbocycles. The summed E-state index contributed by atoms with van der Waals surface area (Å²) in [6.45, 7) is 10.3. The maximum absolute atomic E-state index is 4.97. The zero-order chi connectivity index (χ0) is 17.4. The van der Waals surface area contributed by atoms with E-state index >= 15 is 0 Å². The Morgan fingerprint density at radius 3 is 2.73 bits per heavy atom. The quantitative estimate of drug-likeness (QED) is 0.792. The van der Waals surface area contributed by atoms with Crippen molar-refractivity contribution in [2.45, 2.75) is 59.4 Å². The normalized spacial score (nSPS) is 17.6. The summed E-state index contributed by atoms with van der Waals surface area (Å²) in [7, 11) is 0. The third kappa shape index (κ3) is 3.23. The number of fused-ring (bicyclic) bond motifs is 1. The molecule has 0 aromatic carbocycles. The molecule has 0 spiro atoms. The van der Waals surface area contributed by atoms with Crippen molar-refractivity contribution in [3.63, 3.8) is 0 Å². The van der Waals surface area contributed by atoms with Gasteiger partial charge >= 0.3 is 0 Å². The number of hydrogen-bond donors (Lipinski definition) is 1. The molecule has 0 radical (unpaired) electrons. The first-order chi connectivity index (χ1) is 12.2. The smallest absolute Gasteiger partial charge is 0.0643 e. The molecule has 2 aromatic rings. The first-order valence-corrected chi connectivity index (χ1v) is 9.45. The van der Waals surface area contributed by atoms with E-state index in [1.807, 2.05) is 0 Å². The van der Waals surface area contributed by atoms with E-state index in [1.54, 1.807) is 0 Å². The highest BCUT2D eigenvalue weighted by atomic mass is 15.1. The monoisotopic (exact) mass is 349 g/mol. The van der Waals surface area contributed by atoms with Gasteiger partial charge in [-0.05, 0) is 44.4 Å². The van der Waals surface area contributed by atoms with E-state index in [4.69, 9.17) is 4.98 Å². The molecule has 1 saturated carbocycles. The minimum atomic E-state index is 0. The molecule has 0 amide bonds. The highest BCUT2D eigenvalue weighted by Crippen LogP contribution is 2.35. The second-order valence-corrected chi connectivity index (χ2v) is 7.27. The molecule has 3 nitrogen and oxygen atoms in total. The van der Waals surface area contributed by atoms with Crippen molar-refractivity contribution in [2.75, 3.05) is 6.54 Å². The molecule has 2 aromatic heterocycles. The SMILES string of the molecule is C.C=C1NCCn2cc(/C(=C/C)c3ccc(C4CCCC4)nc3C)cc21. The summed E-state index contributed by atoms with van der Waals surface area (Å²) < 4.78 is 2.30. The van der Waals surface area contributed by atoms with Gasteiger partial charge in [-0.3, -0.25) is 4.98 Å². The molecule has 3 heteroatoms. The Labute approximate surface area is 157 Å². The van der Waals surface area contributed by atoms with Crippen LogP contribution in [0.2, 0.25) is 0 Å². The van der Waals surface area contributed by atoms with Crippen LogP contribution in [0.1, 0.15) is 74.2 Å². The average molecular weight is 350 g/mol. The fourth-order valence-electron chi connectivity index (χ4n) is 4.31. The number of allylic oxidation sites excluding steroid dienone is 1. The maximum Gasteiger partial charge on any atom is 0.0643 e. The van der Waals surface area contributed by atoms with Gasteiger partial charge in [-0.2, -0.15) is 0 Å². The number of aromatic nitrogens is 2. The summed E-state index contributed by atoms with van der Waals surface area (Å²) in [5, 5.41) is 3.35. The van der Waals surface area contributed by atoms with Crippen LogP contribution in [0.4, 0.5) is 0 Å². The highest BCUT2D eigenvalue weighted by molar-refractivity contribution is 5.82. The second kappa shape index (κ2) is 7.53. The van der Waals surface area contributed by atoms with Gasteiger partial charge in [0.05, 0.1) is 11.4 Å². The molecule has 0 atom stereocenters. The predicted molar refractivity (Wildman–Crippen MR) is 111 cm³/mol. The van der Waals surface area contributed by atoms with Gasteiger partial charge in [0.2, 0.25) is 0 Å². The third-order valence-electron chi connectivity index (χ3n) is 5.67. The lowest BCUT2D eigenvalue weighted by atomic mass is 9.96. The molecule has 4 rings (SSSR count). The van der Waals surface area contributed by atoms with Crippen LogP contribution in [-0.4, -0.2) is 16.1 Å². The van der Waals surface area contributed by atoms with Crippen molar-refractivity contribution in [1.29, 1.82) is 0 Å². The Bertz CT molecular complexity index is 835. The zero-order valence-electron chi connectivity index (χ0n) is 15.3. The lowest BCUT2D eigenvalue weighted by molar-refractivity contribution is 0.627. The topological polar surface area (TPSA) is 29.9 Å². The van der Waals surface area contributed by atoms with Gasteiger partial charge in [0.25, 0.3) is 0 Å². The summed E-state index contributed by atoms with van der Waals surface area (Å²) in [5.74, 6) is 0.665. The Morgan fingerprint density at radius 1 is 1.31 bits per heavy atom. The molecule has 1 fully saturated rings. The molecular formula is C23H31N3. The van der Waals surface area contributed by atoms with Crippen LogP contribution in [0, 0.1) is 6.92 Å². The van der Waals surface area contributed by atoms with Crippen molar-refractivity contribution in [3.05, 3.63) is 65.3 Å². The molecule has 0 bridgehead atoms. The van der Waals surface area contributed by atoms with Gasteiger partial charge in [0, 0.05) is 47.7 Å². The van der Waals surface area contributed by atoms with Gasteiger partial charge in [-0.25, -0.2) is 0 Å². The fraction of sp³-hybridized carbons (Fsp3) is 0.435. The van der Waals surface area contributed by atoms with Crippen molar-refractivity contribution in [2.24, 2.45) is 0 Å². The summed E-state index contributed by atoms with van der Waals surface area (Å²) in [6, 6.07) is 6.77. The number of nitrogens with zero attached hydrogens (tertiary/aromatic N) is 2. The predicted octanol–water partition coefficient (Wildman–Crippen LogP) is 5.51. The average Bonchev–Trinajstić information content (AvgIpc) is 3.27. The molecule has 1 aliphatic heterocycles. The van der Waals surface area contributed by atoms with E-state index < -0.39 is 0 Å². The number of nitrogens with one attached hydrogen (secondary N) is 1. The van der Waals surface area contributed by atoms with E-state index in [2.05, 4.69) is 60.8 Å². The number of rotatable bonds is 3. The maximum atomic E-state index is 4.97. The molecular weight excluding hydrogens is 318 g/mol. The van der Waals surface area contributed by atoms with Crippen LogP contribution in [0.5, 0.6) is 0 Å². The second-order valence-electron chi connectivity index (χ2n) is 7.27. The summed E-state index contributed by atoms with van der Waals surface area (Å²) in [5.41, 5.74) is 8.37. The van der Waals surface area contributed by atoms with Crippen LogP contribution >= 0.6 is 0 Å². The lowest BCUT2D eigenvalue weighted by Crippen LogP contribution is -2.25. The highest BCUT2D eigenvalue weighted by Gasteiger charge is 2.20. The summed E-state index contributed by atoms with van der Waals surface area (Å²) >= 11 is 0. The molecule has 3 heterocycles. The zero-order valence-corrected chi connectivity index (χ0v) is 15.3. The van der Waals surface area contributed by atoms with E-state index in [-0.39, 0.29) is 7.43 Å². The first kappa shape index (κ1) is 18.5. The fourth-order valence-corrected chi connectivity index (χ4v) is 4.31. The minimum Gasteiger partial charge on any atom is -0.382 e. The van der Waals surface area contributed by atoms with E-state index in [0.717, 1.165) is 24.5 Å². The van der Waals surface area contributed by atoms with Crippen LogP contribution in [-0.2, 0) is 6.54 Å². The van der Waals surface area contributed by atoms with Crippen LogP contribution in [0.25, 0.3) is 11.3 Å². The first-order valence-electron chi connectivity index (χ1n) is 9.45. The third-order valence-corrected chi connectivity index (χ3v) is 5.67. The van der Waals surface area contributed by atoms with Crippen molar-refractivity contribution < 1.29 is 0 Å². The van der Waals surface area contributed by atoms with Gasteiger partial charge in [-0.15, -0.1) is 0 Å². The number of pyridine rings is 1. The van der Waals surface area contributed by atoms with E-state index in [1.165, 1.54) is 53.8 Å². The molecule has 26 heavy (non-hydrogen) atoms. The molecule has 1 N–H and O–H groups in total.